The van der Waals surface area contributed by atoms with Crippen LogP contribution in [-0.2, 0) is 5.60 Å². The molecule has 3 nitrogen and oxygen atoms in total. The van der Waals surface area contributed by atoms with Gasteiger partial charge in [0.15, 0.2) is 0 Å². The number of benzene rings is 2. The molecule has 0 amide bonds. The molecule has 0 saturated carbocycles. The summed E-state index contributed by atoms with van der Waals surface area (Å²) in [5, 5.41) is 10.9. The Balaban J connectivity index is 2.54. The van der Waals surface area contributed by atoms with E-state index >= 15 is 0 Å². The molecule has 0 aromatic heterocycles. The van der Waals surface area contributed by atoms with Gasteiger partial charge in [-0.1, -0.05) is 12.1 Å². The van der Waals surface area contributed by atoms with Gasteiger partial charge in [-0.2, -0.15) is 0 Å². The predicted molar refractivity (Wildman–Crippen MR) is 79.4 cm³/mol. The van der Waals surface area contributed by atoms with Gasteiger partial charge >= 0.3 is 0 Å². The molecule has 0 radical (unpaired) electrons. The zero-order valence-electron chi connectivity index (χ0n) is 12.6. The van der Waals surface area contributed by atoms with E-state index in [2.05, 4.69) is 0 Å². The molecule has 0 aliphatic carbocycles. The molecule has 1 atom stereocenters. The Labute approximate surface area is 124 Å². The van der Waals surface area contributed by atoms with Crippen molar-refractivity contribution in [2.45, 2.75) is 19.4 Å². The van der Waals surface area contributed by atoms with Gasteiger partial charge in [0.05, 0.1) is 14.2 Å². The lowest BCUT2D eigenvalue weighted by molar-refractivity contribution is 0.0984. The van der Waals surface area contributed by atoms with E-state index in [0.717, 1.165) is 0 Å². The van der Waals surface area contributed by atoms with Gasteiger partial charge in [0.25, 0.3) is 0 Å². The highest BCUT2D eigenvalue weighted by Gasteiger charge is 2.30. The van der Waals surface area contributed by atoms with Crippen molar-refractivity contribution in [2.24, 2.45) is 0 Å². The van der Waals surface area contributed by atoms with E-state index in [1.165, 1.54) is 13.2 Å². The Morgan fingerprint density at radius 2 is 1.76 bits per heavy atom. The van der Waals surface area contributed by atoms with Crippen LogP contribution in [0.1, 0.15) is 23.6 Å². The summed E-state index contributed by atoms with van der Waals surface area (Å²) in [7, 11) is 3.08. The lowest BCUT2D eigenvalue weighted by Crippen LogP contribution is -2.24. The number of methoxy groups -OCH3 is 2. The number of ether oxygens (including phenoxy) is 2. The average Bonchev–Trinajstić information content (AvgIpc) is 2.49. The molecule has 0 spiro atoms. The normalized spacial score (nSPS) is 13.6. The molecule has 1 N–H and O–H groups in total. The maximum atomic E-state index is 13.8. The van der Waals surface area contributed by atoms with E-state index in [-0.39, 0.29) is 5.82 Å². The van der Waals surface area contributed by atoms with Crippen molar-refractivity contribution in [2.75, 3.05) is 14.2 Å². The second-order valence-corrected chi connectivity index (χ2v) is 5.10. The predicted octanol–water partition coefficient (Wildman–Crippen LogP) is 3.41. The van der Waals surface area contributed by atoms with Crippen LogP contribution >= 0.6 is 0 Å². The quantitative estimate of drug-likeness (QED) is 0.938. The molecule has 0 fully saturated rings. The lowest BCUT2D eigenvalue weighted by Gasteiger charge is -2.27. The topological polar surface area (TPSA) is 38.7 Å². The zero-order chi connectivity index (χ0) is 15.6. The van der Waals surface area contributed by atoms with Crippen LogP contribution in [0, 0.1) is 12.7 Å². The summed E-state index contributed by atoms with van der Waals surface area (Å²) in [6, 6.07) is 9.84. The molecule has 0 aliphatic rings. The molecular weight excluding hydrogens is 271 g/mol. The van der Waals surface area contributed by atoms with Crippen LogP contribution < -0.4 is 9.47 Å². The summed E-state index contributed by atoms with van der Waals surface area (Å²) >= 11 is 0. The Bertz CT molecular complexity index is 650. The van der Waals surface area contributed by atoms with Gasteiger partial charge in [-0.3, -0.25) is 0 Å². The van der Waals surface area contributed by atoms with E-state index < -0.39 is 5.60 Å². The Morgan fingerprint density at radius 3 is 2.33 bits per heavy atom. The highest BCUT2D eigenvalue weighted by Crippen LogP contribution is 2.37. The maximum absolute atomic E-state index is 13.8. The third-order valence-corrected chi connectivity index (χ3v) is 3.67. The fourth-order valence-corrected chi connectivity index (χ4v) is 2.25. The van der Waals surface area contributed by atoms with Gasteiger partial charge < -0.3 is 14.6 Å². The summed E-state index contributed by atoms with van der Waals surface area (Å²) in [5.74, 6) is 0.766. The van der Waals surface area contributed by atoms with Crippen molar-refractivity contribution in [1.82, 2.24) is 0 Å². The standard InChI is InChI=1S/C17H19FO3/c1-11-5-6-12(9-15(11)18)17(2,19)14-8-7-13(20-3)10-16(14)21-4/h5-10,19H,1-4H3. The summed E-state index contributed by atoms with van der Waals surface area (Å²) in [6.45, 7) is 3.29. The van der Waals surface area contributed by atoms with Gasteiger partial charge in [0.1, 0.15) is 22.9 Å². The van der Waals surface area contributed by atoms with E-state index in [1.807, 2.05) is 0 Å². The van der Waals surface area contributed by atoms with Crippen LogP contribution in [-0.4, -0.2) is 19.3 Å². The van der Waals surface area contributed by atoms with Crippen LogP contribution in [0.4, 0.5) is 4.39 Å². The summed E-state index contributed by atoms with van der Waals surface area (Å²) in [5.41, 5.74) is 0.186. The molecule has 2 aromatic rings. The van der Waals surface area contributed by atoms with E-state index in [1.54, 1.807) is 51.3 Å². The van der Waals surface area contributed by atoms with Crippen molar-refractivity contribution >= 4 is 0 Å². The minimum atomic E-state index is -1.37. The van der Waals surface area contributed by atoms with Gasteiger partial charge in [0, 0.05) is 11.6 Å². The van der Waals surface area contributed by atoms with Crippen LogP contribution in [0.15, 0.2) is 36.4 Å². The number of aryl methyl sites for hydroxylation is 1. The first-order chi connectivity index (χ1) is 9.90. The molecule has 2 rings (SSSR count). The largest absolute Gasteiger partial charge is 0.497 e. The second kappa shape index (κ2) is 5.74. The van der Waals surface area contributed by atoms with Crippen LogP contribution in [0.25, 0.3) is 0 Å². The molecule has 0 saturated heterocycles. The number of halogens is 1. The SMILES string of the molecule is COc1ccc(C(C)(O)c2ccc(C)c(F)c2)c(OC)c1. The highest BCUT2D eigenvalue weighted by atomic mass is 19.1. The third kappa shape index (κ3) is 2.85. The smallest absolute Gasteiger partial charge is 0.128 e. The number of hydrogen-bond donors (Lipinski definition) is 1. The van der Waals surface area contributed by atoms with Gasteiger partial charge in [-0.25, -0.2) is 4.39 Å². The molecule has 1 unspecified atom stereocenters. The fraction of sp³-hybridized carbons (Fsp3) is 0.294. The van der Waals surface area contributed by atoms with Crippen molar-refractivity contribution < 1.29 is 19.0 Å². The Hall–Kier alpha value is -2.07. The maximum Gasteiger partial charge on any atom is 0.128 e. The minimum Gasteiger partial charge on any atom is -0.497 e. The van der Waals surface area contributed by atoms with E-state index in [4.69, 9.17) is 9.47 Å². The fourth-order valence-electron chi connectivity index (χ4n) is 2.25. The van der Waals surface area contributed by atoms with Gasteiger partial charge in [-0.05, 0) is 43.2 Å². The first-order valence-corrected chi connectivity index (χ1v) is 6.61. The van der Waals surface area contributed by atoms with Crippen molar-refractivity contribution in [3.8, 4) is 11.5 Å². The number of rotatable bonds is 4. The second-order valence-electron chi connectivity index (χ2n) is 5.10. The summed E-state index contributed by atoms with van der Waals surface area (Å²) in [6.07, 6.45) is 0. The highest BCUT2D eigenvalue weighted by molar-refractivity contribution is 5.48. The van der Waals surface area contributed by atoms with E-state index in [9.17, 15) is 9.50 Å². The monoisotopic (exact) mass is 290 g/mol. The van der Waals surface area contributed by atoms with Crippen molar-refractivity contribution in [3.05, 3.63) is 58.9 Å². The summed E-state index contributed by atoms with van der Waals surface area (Å²) in [4.78, 5) is 0. The van der Waals surface area contributed by atoms with Crippen LogP contribution in [0.2, 0.25) is 0 Å². The minimum absolute atomic E-state index is 0.347. The Morgan fingerprint density at radius 1 is 1.05 bits per heavy atom. The molecule has 0 aliphatic heterocycles. The van der Waals surface area contributed by atoms with E-state index in [0.29, 0.717) is 28.2 Å². The first kappa shape index (κ1) is 15.3. The molecule has 112 valence electrons. The number of aliphatic hydroxyl groups is 1. The van der Waals surface area contributed by atoms with Crippen LogP contribution in [0.5, 0.6) is 11.5 Å². The van der Waals surface area contributed by atoms with Gasteiger partial charge in [0.2, 0.25) is 0 Å². The summed E-state index contributed by atoms with van der Waals surface area (Å²) < 4.78 is 24.2. The zero-order valence-corrected chi connectivity index (χ0v) is 12.6. The van der Waals surface area contributed by atoms with Crippen molar-refractivity contribution in [1.29, 1.82) is 0 Å². The molecular formula is C17H19FO3. The van der Waals surface area contributed by atoms with Crippen molar-refractivity contribution in [3.63, 3.8) is 0 Å². The molecule has 0 bridgehead atoms. The van der Waals surface area contributed by atoms with Gasteiger partial charge in [-0.15, -0.1) is 0 Å². The van der Waals surface area contributed by atoms with Crippen LogP contribution in [0.3, 0.4) is 0 Å². The third-order valence-electron chi connectivity index (χ3n) is 3.67. The number of hydrogen-bond acceptors (Lipinski definition) is 3. The lowest BCUT2D eigenvalue weighted by atomic mass is 9.87. The Kier molecular flexibility index (Phi) is 4.19. The molecule has 0 heterocycles. The average molecular weight is 290 g/mol. The molecule has 2 aromatic carbocycles. The molecule has 4 heteroatoms. The molecule has 21 heavy (non-hydrogen) atoms. The first-order valence-electron chi connectivity index (χ1n) is 6.61.